The molecule has 2 N–H and O–H groups in total. The first-order chi connectivity index (χ1) is 14.8. The summed E-state index contributed by atoms with van der Waals surface area (Å²) in [5, 5.41) is 11.4. The highest BCUT2D eigenvalue weighted by Crippen LogP contribution is 2.22. The van der Waals surface area contributed by atoms with Crippen LogP contribution in [0.1, 0.15) is 24.7 Å². The summed E-state index contributed by atoms with van der Waals surface area (Å²) in [5.41, 5.74) is 3.15. The zero-order valence-electron chi connectivity index (χ0n) is 18.2. The molecule has 0 aliphatic rings. The number of guanidine groups is 1. The Kier molecular flexibility index (Phi) is 11.2. The van der Waals surface area contributed by atoms with E-state index in [1.54, 1.807) is 6.26 Å². The monoisotopic (exact) mass is 537 g/mol. The summed E-state index contributed by atoms with van der Waals surface area (Å²) in [6.07, 6.45) is 5.45. The minimum Gasteiger partial charge on any atom is -0.469 e. The van der Waals surface area contributed by atoms with Crippen LogP contribution in [0.25, 0.3) is 11.3 Å². The lowest BCUT2D eigenvalue weighted by Crippen LogP contribution is -2.39. The van der Waals surface area contributed by atoms with Crippen molar-refractivity contribution < 1.29 is 9.15 Å². The molecule has 168 valence electrons. The van der Waals surface area contributed by atoms with E-state index in [1.807, 2.05) is 55.2 Å². The summed E-state index contributed by atoms with van der Waals surface area (Å²) in [5.74, 6) is 1.73. The predicted molar refractivity (Wildman–Crippen MR) is 135 cm³/mol. The summed E-state index contributed by atoms with van der Waals surface area (Å²) in [6.45, 7) is 5.57. The number of halogens is 1. The Morgan fingerprint density at radius 1 is 1.13 bits per heavy atom. The molecule has 1 aromatic carbocycles. The van der Waals surface area contributed by atoms with Crippen LogP contribution in [0.2, 0.25) is 0 Å². The highest BCUT2D eigenvalue weighted by atomic mass is 127. The molecule has 0 fully saturated rings. The number of hydrogen-bond acceptors (Lipinski definition) is 4. The molecule has 0 atom stereocenters. The number of aliphatic imine (C=N–C) groups is 1. The number of aryl methyl sites for hydroxylation is 1. The number of aromatic nitrogens is 2. The first-order valence-corrected chi connectivity index (χ1v) is 10.5. The fraction of sp³-hybridized carbons (Fsp3) is 0.391. The lowest BCUT2D eigenvalue weighted by atomic mass is 10.1. The van der Waals surface area contributed by atoms with Crippen molar-refractivity contribution in [2.45, 2.75) is 26.3 Å². The Morgan fingerprint density at radius 2 is 1.94 bits per heavy atom. The van der Waals surface area contributed by atoms with Gasteiger partial charge in [0, 0.05) is 57.1 Å². The second-order valence-corrected chi connectivity index (χ2v) is 6.94. The lowest BCUT2D eigenvalue weighted by molar-refractivity contribution is 0.145. The first-order valence-electron chi connectivity index (χ1n) is 10.5. The maximum Gasteiger partial charge on any atom is 0.191 e. The third-order valence-electron chi connectivity index (χ3n) is 4.57. The third kappa shape index (κ3) is 8.37. The van der Waals surface area contributed by atoms with Gasteiger partial charge in [0.15, 0.2) is 5.96 Å². The van der Waals surface area contributed by atoms with Gasteiger partial charge in [0.2, 0.25) is 0 Å². The molecule has 3 rings (SSSR count). The smallest absolute Gasteiger partial charge is 0.191 e. The van der Waals surface area contributed by atoms with Crippen molar-refractivity contribution in [3.05, 3.63) is 66.2 Å². The van der Waals surface area contributed by atoms with Gasteiger partial charge < -0.3 is 19.8 Å². The standard InChI is InChI=1S/C23H31N5O2.HI/c1-3-29-15-8-13-24-23(25-14-12-21-11-7-16-30-21)26-17-20-18-28(2)27-22(20)19-9-5-4-6-10-19;/h4-7,9-11,16,18H,3,8,12-15,17H2,1-2H3,(H2,24,25,26);1H. The minimum absolute atomic E-state index is 0. The fourth-order valence-corrected chi connectivity index (χ4v) is 3.12. The van der Waals surface area contributed by atoms with Crippen molar-refractivity contribution in [3.8, 4) is 11.3 Å². The summed E-state index contributed by atoms with van der Waals surface area (Å²) >= 11 is 0. The summed E-state index contributed by atoms with van der Waals surface area (Å²) < 4.78 is 12.7. The van der Waals surface area contributed by atoms with Gasteiger partial charge in [-0.3, -0.25) is 4.68 Å². The predicted octanol–water partition coefficient (Wildman–Crippen LogP) is 4.00. The number of nitrogens with one attached hydrogen (secondary N) is 2. The average molecular weight is 537 g/mol. The van der Waals surface area contributed by atoms with E-state index in [4.69, 9.17) is 14.1 Å². The van der Waals surface area contributed by atoms with Gasteiger partial charge in [0.25, 0.3) is 0 Å². The van der Waals surface area contributed by atoms with Gasteiger partial charge >= 0.3 is 0 Å². The number of benzene rings is 1. The van der Waals surface area contributed by atoms with E-state index in [-0.39, 0.29) is 24.0 Å². The van der Waals surface area contributed by atoms with E-state index in [9.17, 15) is 0 Å². The molecule has 7 nitrogen and oxygen atoms in total. The second-order valence-electron chi connectivity index (χ2n) is 6.94. The quantitative estimate of drug-likeness (QED) is 0.167. The van der Waals surface area contributed by atoms with Crippen LogP contribution in [0.5, 0.6) is 0 Å². The van der Waals surface area contributed by atoms with Gasteiger partial charge in [-0.2, -0.15) is 5.10 Å². The van der Waals surface area contributed by atoms with Crippen LogP contribution in [0.4, 0.5) is 0 Å². The number of hydrogen-bond donors (Lipinski definition) is 2. The Balaban J connectivity index is 0.00000341. The molecule has 0 saturated carbocycles. The maximum atomic E-state index is 5.42. The molecule has 31 heavy (non-hydrogen) atoms. The van der Waals surface area contributed by atoms with E-state index in [0.29, 0.717) is 6.54 Å². The Hall–Kier alpha value is -2.33. The molecule has 0 saturated heterocycles. The Bertz CT molecular complexity index is 894. The molecule has 8 heteroatoms. The first kappa shape index (κ1) is 24.9. The van der Waals surface area contributed by atoms with Crippen molar-refractivity contribution >= 4 is 29.9 Å². The van der Waals surface area contributed by atoms with Crippen LogP contribution in [-0.2, 0) is 24.8 Å². The van der Waals surface area contributed by atoms with Crippen molar-refractivity contribution in [1.29, 1.82) is 0 Å². The van der Waals surface area contributed by atoms with Gasteiger partial charge in [-0.15, -0.1) is 24.0 Å². The van der Waals surface area contributed by atoms with Crippen LogP contribution in [-0.4, -0.2) is 42.0 Å². The normalized spacial score (nSPS) is 11.2. The van der Waals surface area contributed by atoms with Gasteiger partial charge in [0.05, 0.1) is 18.5 Å². The molecule has 0 radical (unpaired) electrons. The molecule has 0 unspecified atom stereocenters. The zero-order chi connectivity index (χ0) is 21.0. The molecule has 2 aromatic heterocycles. The number of furan rings is 1. The SMILES string of the molecule is CCOCCCNC(=NCc1cn(C)nc1-c1ccccc1)NCCc1ccco1.I. The minimum atomic E-state index is 0. The van der Waals surface area contributed by atoms with Crippen LogP contribution in [0.3, 0.4) is 0 Å². The summed E-state index contributed by atoms with van der Waals surface area (Å²) in [6, 6.07) is 14.1. The highest BCUT2D eigenvalue weighted by Gasteiger charge is 2.10. The van der Waals surface area contributed by atoms with Crippen LogP contribution >= 0.6 is 24.0 Å². The average Bonchev–Trinajstić information content (AvgIpc) is 3.41. The van der Waals surface area contributed by atoms with Crippen molar-refractivity contribution in [3.63, 3.8) is 0 Å². The zero-order valence-corrected chi connectivity index (χ0v) is 20.5. The molecule has 2 heterocycles. The largest absolute Gasteiger partial charge is 0.469 e. The van der Waals surface area contributed by atoms with E-state index in [1.165, 1.54) is 0 Å². The Labute approximate surface area is 201 Å². The highest BCUT2D eigenvalue weighted by molar-refractivity contribution is 14.0. The van der Waals surface area contributed by atoms with E-state index in [2.05, 4.69) is 27.9 Å². The molecular formula is C23H32IN5O2. The molecule has 3 aromatic rings. The second kappa shape index (κ2) is 13.9. The molecule has 0 bridgehead atoms. The van der Waals surface area contributed by atoms with Crippen LogP contribution in [0, 0.1) is 0 Å². The molecule has 0 aliphatic carbocycles. The van der Waals surface area contributed by atoms with Gasteiger partial charge in [-0.25, -0.2) is 4.99 Å². The number of ether oxygens (including phenoxy) is 1. The van der Waals surface area contributed by atoms with Crippen molar-refractivity contribution in [1.82, 2.24) is 20.4 Å². The topological polar surface area (TPSA) is 76.6 Å². The van der Waals surface area contributed by atoms with E-state index >= 15 is 0 Å². The molecule has 0 spiro atoms. The van der Waals surface area contributed by atoms with E-state index < -0.39 is 0 Å². The summed E-state index contributed by atoms with van der Waals surface area (Å²) in [4.78, 5) is 4.80. The van der Waals surface area contributed by atoms with Gasteiger partial charge in [-0.1, -0.05) is 30.3 Å². The Morgan fingerprint density at radius 3 is 2.68 bits per heavy atom. The summed E-state index contributed by atoms with van der Waals surface area (Å²) in [7, 11) is 1.94. The van der Waals surface area contributed by atoms with Crippen LogP contribution < -0.4 is 10.6 Å². The third-order valence-corrected chi connectivity index (χ3v) is 4.57. The number of rotatable bonds is 11. The maximum absolute atomic E-state index is 5.42. The van der Waals surface area contributed by atoms with Gasteiger partial charge in [-0.05, 0) is 25.5 Å². The molecule has 0 amide bonds. The van der Waals surface area contributed by atoms with Crippen molar-refractivity contribution in [2.75, 3.05) is 26.3 Å². The number of nitrogens with zero attached hydrogens (tertiary/aromatic N) is 3. The van der Waals surface area contributed by atoms with Crippen LogP contribution in [0.15, 0.2) is 64.3 Å². The molecule has 0 aliphatic heterocycles. The fourth-order valence-electron chi connectivity index (χ4n) is 3.12. The lowest BCUT2D eigenvalue weighted by Gasteiger charge is -2.12. The van der Waals surface area contributed by atoms with Crippen molar-refractivity contribution in [2.24, 2.45) is 12.0 Å². The van der Waals surface area contributed by atoms with E-state index in [0.717, 1.165) is 67.7 Å². The van der Waals surface area contributed by atoms with Gasteiger partial charge in [0.1, 0.15) is 5.76 Å². The molecular weight excluding hydrogens is 505 g/mol.